The smallest absolute Gasteiger partial charge is 0.123 e. The van der Waals surface area contributed by atoms with E-state index >= 15 is 0 Å². The maximum atomic E-state index is 13.3. The first-order valence-corrected chi connectivity index (χ1v) is 5.54. The fourth-order valence-corrected chi connectivity index (χ4v) is 2.37. The van der Waals surface area contributed by atoms with E-state index in [1.807, 2.05) is 19.0 Å². The Hall–Kier alpha value is -1.09. The topological polar surface area (TPSA) is 29.3 Å². The summed E-state index contributed by atoms with van der Waals surface area (Å²) in [5.74, 6) is -0.215. The van der Waals surface area contributed by atoms with Gasteiger partial charge in [-0.05, 0) is 35.6 Å². The third kappa shape index (κ3) is 1.50. The number of hydrogen-bond donors (Lipinski definition) is 1. The number of nitrogens with two attached hydrogens (primary N) is 1. The summed E-state index contributed by atoms with van der Waals surface area (Å²) in [6.07, 6.45) is 0.907. The molecule has 2 nitrogen and oxygen atoms in total. The van der Waals surface area contributed by atoms with Gasteiger partial charge in [0.15, 0.2) is 0 Å². The van der Waals surface area contributed by atoms with E-state index in [0.29, 0.717) is 0 Å². The molecular formula is C13H19FN2. The van der Waals surface area contributed by atoms with Crippen LogP contribution in [0.5, 0.6) is 0 Å². The van der Waals surface area contributed by atoms with Crippen molar-refractivity contribution in [2.24, 2.45) is 11.1 Å². The Bertz CT molecular complexity index is 426. The van der Waals surface area contributed by atoms with Crippen LogP contribution >= 0.6 is 0 Å². The maximum absolute atomic E-state index is 13.3. The van der Waals surface area contributed by atoms with Gasteiger partial charge in [0.2, 0.25) is 0 Å². The van der Waals surface area contributed by atoms with Gasteiger partial charge in [0.1, 0.15) is 5.82 Å². The van der Waals surface area contributed by atoms with E-state index in [9.17, 15) is 4.39 Å². The van der Waals surface area contributed by atoms with Crippen molar-refractivity contribution in [3.05, 3.63) is 29.6 Å². The maximum Gasteiger partial charge on any atom is 0.123 e. The SMILES string of the molecule is CN(C)c1ccc(F)cc1C1(N)CC1(C)C. The van der Waals surface area contributed by atoms with Crippen LogP contribution in [0.1, 0.15) is 25.8 Å². The molecule has 0 heterocycles. The molecule has 1 aromatic rings. The van der Waals surface area contributed by atoms with Crippen molar-refractivity contribution in [2.75, 3.05) is 19.0 Å². The van der Waals surface area contributed by atoms with Gasteiger partial charge >= 0.3 is 0 Å². The molecule has 0 saturated heterocycles. The highest BCUT2D eigenvalue weighted by Gasteiger charge is 2.60. The van der Waals surface area contributed by atoms with E-state index in [4.69, 9.17) is 5.73 Å². The second-order valence-corrected chi connectivity index (χ2v) is 5.59. The summed E-state index contributed by atoms with van der Waals surface area (Å²) in [5, 5.41) is 0. The van der Waals surface area contributed by atoms with E-state index in [2.05, 4.69) is 13.8 Å². The molecule has 16 heavy (non-hydrogen) atoms. The van der Waals surface area contributed by atoms with Gasteiger partial charge in [-0.3, -0.25) is 0 Å². The zero-order chi connectivity index (χ0) is 12.1. The van der Waals surface area contributed by atoms with Crippen LogP contribution in [0.3, 0.4) is 0 Å². The van der Waals surface area contributed by atoms with Crippen LogP contribution in [0.4, 0.5) is 10.1 Å². The lowest BCUT2D eigenvalue weighted by Gasteiger charge is -2.24. The van der Waals surface area contributed by atoms with Crippen LogP contribution < -0.4 is 10.6 Å². The van der Waals surface area contributed by atoms with Gasteiger partial charge < -0.3 is 10.6 Å². The first-order chi connectivity index (χ1) is 7.28. The average Bonchev–Trinajstić information content (AvgIpc) is 2.66. The number of rotatable bonds is 2. The molecule has 0 amide bonds. The van der Waals surface area contributed by atoms with Gasteiger partial charge in [-0.15, -0.1) is 0 Å². The molecule has 3 heteroatoms. The fourth-order valence-electron chi connectivity index (χ4n) is 2.37. The van der Waals surface area contributed by atoms with Gasteiger partial charge in [-0.2, -0.15) is 0 Å². The molecular weight excluding hydrogens is 203 g/mol. The van der Waals surface area contributed by atoms with Crippen molar-refractivity contribution in [3.63, 3.8) is 0 Å². The number of benzene rings is 1. The van der Waals surface area contributed by atoms with Crippen LogP contribution in [0.15, 0.2) is 18.2 Å². The minimum absolute atomic E-state index is 0.0611. The molecule has 2 rings (SSSR count). The lowest BCUT2D eigenvalue weighted by Crippen LogP contribution is -2.28. The predicted molar refractivity (Wildman–Crippen MR) is 65.0 cm³/mol. The number of nitrogens with zero attached hydrogens (tertiary/aromatic N) is 1. The highest BCUT2D eigenvalue weighted by molar-refractivity contribution is 5.58. The Kier molecular flexibility index (Phi) is 2.28. The predicted octanol–water partition coefficient (Wildman–Crippen LogP) is 2.48. The Morgan fingerprint density at radius 3 is 2.31 bits per heavy atom. The molecule has 88 valence electrons. The summed E-state index contributed by atoms with van der Waals surface area (Å²) < 4.78 is 13.3. The number of anilines is 1. The summed E-state index contributed by atoms with van der Waals surface area (Å²) in [6, 6.07) is 4.86. The van der Waals surface area contributed by atoms with Crippen LogP contribution in [0.2, 0.25) is 0 Å². The normalized spacial score (nSPS) is 26.6. The number of halogens is 1. The minimum Gasteiger partial charge on any atom is -0.377 e. The van der Waals surface area contributed by atoms with Crippen LogP contribution in [0, 0.1) is 11.2 Å². The van der Waals surface area contributed by atoms with Crippen LogP contribution in [-0.4, -0.2) is 14.1 Å². The average molecular weight is 222 g/mol. The van der Waals surface area contributed by atoms with Crippen molar-refractivity contribution >= 4 is 5.69 Å². The lowest BCUT2D eigenvalue weighted by atomic mass is 9.95. The van der Waals surface area contributed by atoms with Crippen LogP contribution in [-0.2, 0) is 5.54 Å². The molecule has 0 spiro atoms. The molecule has 0 bridgehead atoms. The monoisotopic (exact) mass is 222 g/mol. The molecule has 0 radical (unpaired) electrons. The second-order valence-electron chi connectivity index (χ2n) is 5.59. The molecule has 1 fully saturated rings. The minimum atomic E-state index is -0.380. The second kappa shape index (κ2) is 3.20. The molecule has 1 aliphatic carbocycles. The van der Waals surface area contributed by atoms with Crippen LogP contribution in [0.25, 0.3) is 0 Å². The summed E-state index contributed by atoms with van der Waals surface area (Å²) in [6.45, 7) is 4.24. The first kappa shape index (κ1) is 11.4. The van der Waals surface area contributed by atoms with E-state index in [0.717, 1.165) is 17.7 Å². The Labute approximate surface area is 96.2 Å². The highest BCUT2D eigenvalue weighted by atomic mass is 19.1. The fraction of sp³-hybridized carbons (Fsp3) is 0.538. The van der Waals surface area contributed by atoms with Gasteiger partial charge in [-0.1, -0.05) is 13.8 Å². The van der Waals surface area contributed by atoms with E-state index < -0.39 is 0 Å². The summed E-state index contributed by atoms with van der Waals surface area (Å²) >= 11 is 0. The summed E-state index contributed by atoms with van der Waals surface area (Å²) in [5.41, 5.74) is 7.97. The zero-order valence-corrected chi connectivity index (χ0v) is 10.3. The van der Waals surface area contributed by atoms with Crippen molar-refractivity contribution in [1.29, 1.82) is 0 Å². The van der Waals surface area contributed by atoms with Gasteiger partial charge in [-0.25, -0.2) is 4.39 Å². The Morgan fingerprint density at radius 2 is 1.88 bits per heavy atom. The van der Waals surface area contributed by atoms with Gasteiger partial charge in [0.25, 0.3) is 0 Å². The molecule has 1 atom stereocenters. The zero-order valence-electron chi connectivity index (χ0n) is 10.3. The largest absolute Gasteiger partial charge is 0.377 e. The Morgan fingerprint density at radius 1 is 1.31 bits per heavy atom. The highest BCUT2D eigenvalue weighted by Crippen LogP contribution is 2.61. The molecule has 1 saturated carbocycles. The third-order valence-electron chi connectivity index (χ3n) is 3.72. The van der Waals surface area contributed by atoms with Crippen molar-refractivity contribution in [1.82, 2.24) is 0 Å². The summed E-state index contributed by atoms with van der Waals surface area (Å²) in [7, 11) is 3.91. The molecule has 2 N–H and O–H groups in total. The van der Waals surface area contributed by atoms with E-state index in [-0.39, 0.29) is 16.8 Å². The first-order valence-electron chi connectivity index (χ1n) is 5.54. The standard InChI is InChI=1S/C13H19FN2/c1-12(2)8-13(12,15)10-7-9(14)5-6-11(10)16(3)4/h5-7H,8,15H2,1-4H3. The molecule has 1 unspecified atom stereocenters. The number of hydrogen-bond acceptors (Lipinski definition) is 2. The lowest BCUT2D eigenvalue weighted by molar-refractivity contribution is 0.506. The van der Waals surface area contributed by atoms with Crippen molar-refractivity contribution < 1.29 is 4.39 Å². The Balaban J connectivity index is 2.52. The molecule has 0 aromatic heterocycles. The summed E-state index contributed by atoms with van der Waals surface area (Å²) in [4.78, 5) is 1.98. The van der Waals surface area contributed by atoms with E-state index in [1.165, 1.54) is 6.07 Å². The van der Waals surface area contributed by atoms with Gasteiger partial charge in [0, 0.05) is 25.3 Å². The third-order valence-corrected chi connectivity index (χ3v) is 3.72. The molecule has 1 aromatic carbocycles. The molecule has 0 aliphatic heterocycles. The van der Waals surface area contributed by atoms with Crippen molar-refractivity contribution in [3.8, 4) is 0 Å². The quantitative estimate of drug-likeness (QED) is 0.833. The van der Waals surface area contributed by atoms with Crippen molar-refractivity contribution in [2.45, 2.75) is 25.8 Å². The molecule has 1 aliphatic rings. The van der Waals surface area contributed by atoms with Gasteiger partial charge in [0.05, 0.1) is 0 Å². The van der Waals surface area contributed by atoms with E-state index in [1.54, 1.807) is 12.1 Å².